The minimum Gasteiger partial charge on any atom is -0.486 e. The highest BCUT2D eigenvalue weighted by Gasteiger charge is 2.19. The maximum atomic E-state index is 12.9. The van der Waals surface area contributed by atoms with Gasteiger partial charge in [0.25, 0.3) is 0 Å². The highest BCUT2D eigenvalue weighted by atomic mass is 35.5. The monoisotopic (exact) mass is 591 g/mol. The second-order valence-corrected chi connectivity index (χ2v) is 9.88. The lowest BCUT2D eigenvalue weighted by Gasteiger charge is -2.21. The Morgan fingerprint density at radius 3 is 2.54 bits per heavy atom. The number of para-hydroxylation sites is 1. The van der Waals surface area contributed by atoms with Gasteiger partial charge in [-0.15, -0.1) is 0 Å². The van der Waals surface area contributed by atoms with E-state index in [-0.39, 0.29) is 30.0 Å². The van der Waals surface area contributed by atoms with E-state index in [9.17, 15) is 14.4 Å². The van der Waals surface area contributed by atoms with E-state index in [0.29, 0.717) is 38.7 Å². The number of nitrogens with zero attached hydrogens (tertiary/aromatic N) is 3. The van der Waals surface area contributed by atoms with Crippen molar-refractivity contribution in [2.75, 3.05) is 23.8 Å². The Labute approximate surface area is 247 Å². The molecule has 0 spiro atoms. The average Bonchev–Trinajstić information content (AvgIpc) is 2.95. The van der Waals surface area contributed by atoms with Gasteiger partial charge in [0.05, 0.1) is 28.5 Å². The molecule has 3 aromatic carbocycles. The van der Waals surface area contributed by atoms with Crippen LogP contribution in [0.4, 0.5) is 11.4 Å². The zero-order chi connectivity index (χ0) is 29.5. The summed E-state index contributed by atoms with van der Waals surface area (Å²) < 4.78 is 6.02. The first-order valence-corrected chi connectivity index (χ1v) is 13.3. The summed E-state index contributed by atoms with van der Waals surface area (Å²) in [6, 6.07) is 15.7. The van der Waals surface area contributed by atoms with Crippen molar-refractivity contribution < 1.29 is 19.1 Å². The van der Waals surface area contributed by atoms with Crippen molar-refractivity contribution in [1.29, 1.82) is 0 Å². The molecule has 0 aliphatic rings. The van der Waals surface area contributed by atoms with Crippen molar-refractivity contribution in [2.24, 2.45) is 0 Å². The van der Waals surface area contributed by atoms with E-state index in [4.69, 9.17) is 27.9 Å². The van der Waals surface area contributed by atoms with E-state index in [0.717, 1.165) is 11.3 Å². The zero-order valence-corrected chi connectivity index (χ0v) is 24.1. The van der Waals surface area contributed by atoms with Crippen LogP contribution in [-0.4, -0.2) is 41.3 Å². The summed E-state index contributed by atoms with van der Waals surface area (Å²) in [6.45, 7) is 3.06. The van der Waals surface area contributed by atoms with E-state index in [1.807, 2.05) is 19.1 Å². The summed E-state index contributed by atoms with van der Waals surface area (Å²) in [6.07, 6.45) is 4.61. The maximum absolute atomic E-state index is 12.9. The third-order valence-electron chi connectivity index (χ3n) is 6.00. The van der Waals surface area contributed by atoms with E-state index < -0.39 is 5.91 Å². The van der Waals surface area contributed by atoms with Gasteiger partial charge in [0.1, 0.15) is 17.9 Å². The number of benzene rings is 3. The topological polar surface area (TPSA) is 114 Å². The van der Waals surface area contributed by atoms with E-state index in [1.54, 1.807) is 61.8 Å². The van der Waals surface area contributed by atoms with Gasteiger partial charge in [-0.1, -0.05) is 41.4 Å². The van der Waals surface area contributed by atoms with Crippen LogP contribution in [0.5, 0.6) is 5.75 Å². The van der Waals surface area contributed by atoms with E-state index in [1.165, 1.54) is 17.9 Å². The van der Waals surface area contributed by atoms with Crippen LogP contribution in [-0.2, 0) is 21.0 Å². The van der Waals surface area contributed by atoms with Crippen molar-refractivity contribution in [2.45, 2.75) is 20.5 Å². The number of rotatable bonds is 9. The van der Waals surface area contributed by atoms with Crippen LogP contribution in [0, 0.1) is 6.92 Å². The lowest BCUT2D eigenvalue weighted by molar-refractivity contribution is -0.122. The molecule has 0 bridgehead atoms. The summed E-state index contributed by atoms with van der Waals surface area (Å²) in [5.41, 5.74) is 4.40. The second-order valence-electron chi connectivity index (χ2n) is 9.09. The Bertz CT molecular complexity index is 1640. The number of carbonyl (C=O) groups excluding carboxylic acids is 3. The Morgan fingerprint density at radius 1 is 1.05 bits per heavy atom. The number of hydrogen-bond donors (Lipinski definition) is 2. The number of likely N-dealkylation sites (N-methyl/N-ethyl adjacent to an activating group) is 1. The van der Waals surface area contributed by atoms with Crippen molar-refractivity contribution >= 4 is 69.4 Å². The Kier molecular flexibility index (Phi) is 9.54. The Balaban J connectivity index is 1.38. The predicted molar refractivity (Wildman–Crippen MR) is 161 cm³/mol. The molecule has 41 heavy (non-hydrogen) atoms. The van der Waals surface area contributed by atoms with Crippen LogP contribution in [0.2, 0.25) is 10.0 Å². The molecule has 210 valence electrons. The van der Waals surface area contributed by atoms with Gasteiger partial charge >= 0.3 is 0 Å². The number of ether oxygens (including phenoxy) is 1. The first-order chi connectivity index (χ1) is 19.6. The standard InChI is InChI=1S/C30H27Cl2N5O4/c1-18-15-33-24-5-4-6-26(30(24)35-18)41-17-22-23(31)12-13-25(29(22)32)37(3)28(40)16-34-27(39)14-9-20-7-10-21(11-8-20)36-19(2)38/h4-15H,16-17H2,1-3H3,(H,34,39)(H,36,38). The van der Waals surface area contributed by atoms with Gasteiger partial charge in [-0.05, 0) is 55.0 Å². The molecule has 2 N–H and O–H groups in total. The van der Waals surface area contributed by atoms with Gasteiger partial charge in [-0.2, -0.15) is 0 Å². The summed E-state index contributed by atoms with van der Waals surface area (Å²) in [4.78, 5) is 46.5. The summed E-state index contributed by atoms with van der Waals surface area (Å²) in [7, 11) is 1.56. The molecule has 0 radical (unpaired) electrons. The lowest BCUT2D eigenvalue weighted by Crippen LogP contribution is -2.37. The molecule has 0 aliphatic carbocycles. The molecular formula is C30H27Cl2N5O4. The number of aryl methyl sites for hydroxylation is 1. The number of carbonyl (C=O) groups is 3. The molecule has 9 nitrogen and oxygen atoms in total. The first kappa shape index (κ1) is 29.5. The third-order valence-corrected chi connectivity index (χ3v) is 6.78. The molecule has 0 unspecified atom stereocenters. The fourth-order valence-electron chi connectivity index (χ4n) is 3.87. The van der Waals surface area contributed by atoms with Crippen molar-refractivity contribution in [1.82, 2.24) is 15.3 Å². The Morgan fingerprint density at radius 2 is 1.80 bits per heavy atom. The molecule has 4 rings (SSSR count). The largest absolute Gasteiger partial charge is 0.486 e. The fraction of sp³-hybridized carbons (Fsp3) is 0.167. The van der Waals surface area contributed by atoms with Crippen molar-refractivity contribution in [3.05, 3.63) is 93.7 Å². The first-order valence-electron chi connectivity index (χ1n) is 12.5. The number of nitrogens with one attached hydrogen (secondary N) is 2. The third kappa shape index (κ3) is 7.59. The lowest BCUT2D eigenvalue weighted by atomic mass is 10.2. The molecule has 4 aromatic rings. The highest BCUT2D eigenvalue weighted by molar-refractivity contribution is 6.38. The summed E-state index contributed by atoms with van der Waals surface area (Å²) >= 11 is 13.1. The van der Waals surface area contributed by atoms with Gasteiger partial charge in [-0.3, -0.25) is 19.4 Å². The van der Waals surface area contributed by atoms with Gasteiger partial charge in [0.15, 0.2) is 0 Å². The Hall–Kier alpha value is -4.47. The predicted octanol–water partition coefficient (Wildman–Crippen LogP) is 5.57. The minimum atomic E-state index is -0.442. The maximum Gasteiger partial charge on any atom is 0.246 e. The summed E-state index contributed by atoms with van der Waals surface area (Å²) in [5, 5.41) is 5.88. The normalized spacial score (nSPS) is 11.0. The molecule has 0 saturated carbocycles. The number of amides is 3. The summed E-state index contributed by atoms with van der Waals surface area (Å²) in [5.74, 6) is -0.470. The smallest absolute Gasteiger partial charge is 0.246 e. The van der Waals surface area contributed by atoms with E-state index >= 15 is 0 Å². The van der Waals surface area contributed by atoms with E-state index in [2.05, 4.69) is 20.6 Å². The van der Waals surface area contributed by atoms with Crippen molar-refractivity contribution in [3.63, 3.8) is 0 Å². The van der Waals surface area contributed by atoms with Crippen molar-refractivity contribution in [3.8, 4) is 5.75 Å². The number of fused-ring (bicyclic) bond motifs is 1. The highest BCUT2D eigenvalue weighted by Crippen LogP contribution is 2.35. The molecule has 0 atom stereocenters. The van der Waals surface area contributed by atoms with Crippen LogP contribution in [0.25, 0.3) is 17.1 Å². The van der Waals surface area contributed by atoms with Crippen LogP contribution in [0.15, 0.2) is 66.9 Å². The zero-order valence-electron chi connectivity index (χ0n) is 22.6. The van der Waals surface area contributed by atoms with Crippen LogP contribution < -0.4 is 20.3 Å². The average molecular weight is 592 g/mol. The van der Waals surface area contributed by atoms with Gasteiger partial charge in [-0.25, -0.2) is 4.98 Å². The van der Waals surface area contributed by atoms with Crippen LogP contribution >= 0.6 is 23.2 Å². The molecule has 1 aromatic heterocycles. The number of aromatic nitrogens is 2. The van der Waals surface area contributed by atoms with Gasteiger partial charge in [0, 0.05) is 42.5 Å². The fourth-order valence-corrected chi connectivity index (χ4v) is 4.47. The molecule has 0 aliphatic heterocycles. The van der Waals surface area contributed by atoms with Crippen LogP contribution in [0.3, 0.4) is 0 Å². The molecule has 1 heterocycles. The van der Waals surface area contributed by atoms with Gasteiger partial charge in [0.2, 0.25) is 17.7 Å². The molecule has 3 amide bonds. The SMILES string of the molecule is CC(=O)Nc1ccc(C=CC(=O)NCC(=O)N(C)c2ccc(Cl)c(COc3cccc4ncc(C)nc34)c2Cl)cc1. The molecular weight excluding hydrogens is 565 g/mol. The molecule has 11 heteroatoms. The van der Waals surface area contributed by atoms with Gasteiger partial charge < -0.3 is 20.3 Å². The molecule has 0 saturated heterocycles. The molecule has 0 fully saturated rings. The minimum absolute atomic E-state index is 0.0373. The number of halogens is 2. The second kappa shape index (κ2) is 13.3. The quantitative estimate of drug-likeness (QED) is 0.246. The van der Waals surface area contributed by atoms with Crippen LogP contribution in [0.1, 0.15) is 23.7 Å². The number of hydrogen-bond acceptors (Lipinski definition) is 6. The number of anilines is 2.